The van der Waals surface area contributed by atoms with Crippen LogP contribution >= 0.6 is 0 Å². The summed E-state index contributed by atoms with van der Waals surface area (Å²) in [6.07, 6.45) is 3.75. The Hall–Kier alpha value is -1.22. The molecular formula is C15H23NO2. The van der Waals surface area contributed by atoms with Crippen molar-refractivity contribution in [1.82, 2.24) is 0 Å². The Morgan fingerprint density at radius 1 is 1.28 bits per heavy atom. The summed E-state index contributed by atoms with van der Waals surface area (Å²) in [7, 11) is 0. The van der Waals surface area contributed by atoms with Gasteiger partial charge in [-0.3, -0.25) is 0 Å². The maximum Gasteiger partial charge on any atom is 0.142 e. The van der Waals surface area contributed by atoms with Crippen LogP contribution in [0.3, 0.4) is 0 Å². The Labute approximate surface area is 109 Å². The van der Waals surface area contributed by atoms with Crippen molar-refractivity contribution in [3.63, 3.8) is 0 Å². The highest BCUT2D eigenvalue weighted by molar-refractivity contribution is 5.58. The van der Waals surface area contributed by atoms with Crippen molar-refractivity contribution in [3.8, 4) is 5.75 Å². The van der Waals surface area contributed by atoms with E-state index in [0.717, 1.165) is 37.1 Å². The molecule has 1 aliphatic rings. The zero-order chi connectivity index (χ0) is 13.0. The third-order valence-electron chi connectivity index (χ3n) is 3.49. The van der Waals surface area contributed by atoms with Crippen LogP contribution < -0.4 is 10.1 Å². The predicted molar refractivity (Wildman–Crippen MR) is 74.2 cm³/mol. The minimum absolute atomic E-state index is 0.104. The summed E-state index contributed by atoms with van der Waals surface area (Å²) in [6.45, 7) is 4.76. The second-order valence-corrected chi connectivity index (χ2v) is 5.08. The summed E-state index contributed by atoms with van der Waals surface area (Å²) in [5.74, 6) is 0.934. The second-order valence-electron chi connectivity index (χ2n) is 5.08. The topological polar surface area (TPSA) is 41.5 Å². The molecule has 0 heterocycles. The second kappa shape index (κ2) is 6.10. The van der Waals surface area contributed by atoms with E-state index < -0.39 is 0 Å². The van der Waals surface area contributed by atoms with Gasteiger partial charge in [0.1, 0.15) is 5.75 Å². The average Bonchev–Trinajstić information content (AvgIpc) is 2.36. The van der Waals surface area contributed by atoms with Crippen molar-refractivity contribution >= 4 is 5.69 Å². The van der Waals surface area contributed by atoms with Crippen molar-refractivity contribution in [1.29, 1.82) is 0 Å². The molecule has 1 aliphatic carbocycles. The van der Waals surface area contributed by atoms with Gasteiger partial charge in [-0.05, 0) is 57.2 Å². The van der Waals surface area contributed by atoms with Crippen molar-refractivity contribution in [3.05, 3.63) is 23.8 Å². The molecule has 1 saturated carbocycles. The van der Waals surface area contributed by atoms with Gasteiger partial charge in [-0.15, -0.1) is 0 Å². The van der Waals surface area contributed by atoms with Gasteiger partial charge in [0.25, 0.3) is 0 Å². The molecule has 0 bridgehead atoms. The molecule has 1 aromatic carbocycles. The molecule has 0 radical (unpaired) electrons. The molecule has 100 valence electrons. The predicted octanol–water partition coefficient (Wildman–Crippen LogP) is 3.11. The summed E-state index contributed by atoms with van der Waals surface area (Å²) < 4.78 is 5.67. The fourth-order valence-corrected chi connectivity index (χ4v) is 2.46. The number of benzene rings is 1. The fourth-order valence-electron chi connectivity index (χ4n) is 2.46. The molecule has 18 heavy (non-hydrogen) atoms. The average molecular weight is 249 g/mol. The number of hydrogen-bond donors (Lipinski definition) is 2. The lowest BCUT2D eigenvalue weighted by atomic mass is 9.93. The van der Waals surface area contributed by atoms with Gasteiger partial charge < -0.3 is 15.2 Å². The Bertz CT molecular complexity index is 384. The largest absolute Gasteiger partial charge is 0.492 e. The molecule has 0 spiro atoms. The number of aliphatic hydroxyl groups excluding tert-OH is 1. The van der Waals surface area contributed by atoms with Gasteiger partial charge in [0.2, 0.25) is 0 Å². The fraction of sp³-hybridized carbons (Fsp3) is 0.600. The standard InChI is InChI=1S/C15H23NO2/c1-3-18-15-10-11(2)4-9-14(15)16-12-5-7-13(17)8-6-12/h4,9-10,12-13,16-17H,3,5-8H2,1-2H3. The Morgan fingerprint density at radius 2 is 2.00 bits per heavy atom. The summed E-state index contributed by atoms with van der Waals surface area (Å²) in [6, 6.07) is 6.72. The van der Waals surface area contributed by atoms with Gasteiger partial charge in [-0.1, -0.05) is 6.07 Å². The first-order valence-corrected chi connectivity index (χ1v) is 6.87. The molecule has 2 N–H and O–H groups in total. The summed E-state index contributed by atoms with van der Waals surface area (Å²) in [5.41, 5.74) is 2.28. The molecule has 1 aromatic rings. The summed E-state index contributed by atoms with van der Waals surface area (Å²) in [5, 5.41) is 13.1. The highest BCUT2D eigenvalue weighted by Gasteiger charge is 2.20. The highest BCUT2D eigenvalue weighted by Crippen LogP contribution is 2.29. The van der Waals surface area contributed by atoms with Crippen LogP contribution in [0.2, 0.25) is 0 Å². The third kappa shape index (κ3) is 3.39. The summed E-state index contributed by atoms with van der Waals surface area (Å²) >= 11 is 0. The number of rotatable bonds is 4. The van der Waals surface area contributed by atoms with E-state index in [1.165, 1.54) is 5.56 Å². The van der Waals surface area contributed by atoms with Crippen LogP contribution in [0.1, 0.15) is 38.2 Å². The van der Waals surface area contributed by atoms with E-state index in [2.05, 4.69) is 30.4 Å². The first-order chi connectivity index (χ1) is 8.69. The molecular weight excluding hydrogens is 226 g/mol. The molecule has 3 heteroatoms. The minimum atomic E-state index is -0.104. The third-order valence-corrected chi connectivity index (χ3v) is 3.49. The zero-order valence-electron chi connectivity index (χ0n) is 11.3. The Balaban J connectivity index is 2.03. The number of hydrogen-bond acceptors (Lipinski definition) is 3. The lowest BCUT2D eigenvalue weighted by Gasteiger charge is -2.27. The van der Waals surface area contributed by atoms with Crippen LogP contribution in [0.5, 0.6) is 5.75 Å². The SMILES string of the molecule is CCOc1cc(C)ccc1NC1CCC(O)CC1. The number of anilines is 1. The van der Waals surface area contributed by atoms with Crippen molar-refractivity contribution < 1.29 is 9.84 Å². The van der Waals surface area contributed by atoms with Crippen LogP contribution in [0.15, 0.2) is 18.2 Å². The molecule has 0 aromatic heterocycles. The van der Waals surface area contributed by atoms with E-state index in [1.807, 2.05) is 6.92 Å². The van der Waals surface area contributed by atoms with Gasteiger partial charge in [-0.25, -0.2) is 0 Å². The lowest BCUT2D eigenvalue weighted by Crippen LogP contribution is -2.28. The first kappa shape index (κ1) is 13.2. The highest BCUT2D eigenvalue weighted by atomic mass is 16.5. The van der Waals surface area contributed by atoms with Crippen LogP contribution in [0, 0.1) is 6.92 Å². The van der Waals surface area contributed by atoms with Gasteiger partial charge in [-0.2, -0.15) is 0 Å². The number of ether oxygens (including phenoxy) is 1. The summed E-state index contributed by atoms with van der Waals surface area (Å²) in [4.78, 5) is 0. The van der Waals surface area contributed by atoms with Gasteiger partial charge in [0, 0.05) is 6.04 Å². The Kier molecular flexibility index (Phi) is 4.48. The van der Waals surface area contributed by atoms with E-state index in [9.17, 15) is 5.11 Å². The molecule has 0 aliphatic heterocycles. The van der Waals surface area contributed by atoms with Gasteiger partial charge >= 0.3 is 0 Å². The lowest BCUT2D eigenvalue weighted by molar-refractivity contribution is 0.126. The molecule has 1 fully saturated rings. The first-order valence-electron chi connectivity index (χ1n) is 6.87. The van der Waals surface area contributed by atoms with Crippen LogP contribution in [0.4, 0.5) is 5.69 Å². The molecule has 0 atom stereocenters. The quantitative estimate of drug-likeness (QED) is 0.861. The van der Waals surface area contributed by atoms with Crippen LogP contribution in [-0.2, 0) is 0 Å². The molecule has 0 unspecified atom stereocenters. The molecule has 2 rings (SSSR count). The number of aryl methyl sites for hydroxylation is 1. The Morgan fingerprint density at radius 3 is 2.67 bits per heavy atom. The van der Waals surface area contributed by atoms with Crippen LogP contribution in [0.25, 0.3) is 0 Å². The smallest absolute Gasteiger partial charge is 0.142 e. The van der Waals surface area contributed by atoms with E-state index >= 15 is 0 Å². The monoisotopic (exact) mass is 249 g/mol. The van der Waals surface area contributed by atoms with E-state index in [4.69, 9.17) is 4.74 Å². The van der Waals surface area contributed by atoms with E-state index in [-0.39, 0.29) is 6.10 Å². The zero-order valence-corrected chi connectivity index (χ0v) is 11.3. The van der Waals surface area contributed by atoms with E-state index in [1.54, 1.807) is 0 Å². The van der Waals surface area contributed by atoms with Crippen LogP contribution in [-0.4, -0.2) is 23.9 Å². The number of nitrogens with one attached hydrogen (secondary N) is 1. The van der Waals surface area contributed by atoms with Crippen molar-refractivity contribution in [2.75, 3.05) is 11.9 Å². The normalized spacial score (nSPS) is 23.7. The van der Waals surface area contributed by atoms with Gasteiger partial charge in [0.15, 0.2) is 0 Å². The molecule has 3 nitrogen and oxygen atoms in total. The maximum atomic E-state index is 9.52. The number of aliphatic hydroxyl groups is 1. The molecule has 0 saturated heterocycles. The van der Waals surface area contributed by atoms with Crippen molar-refractivity contribution in [2.45, 2.75) is 51.7 Å². The van der Waals surface area contributed by atoms with Crippen molar-refractivity contribution in [2.24, 2.45) is 0 Å². The van der Waals surface area contributed by atoms with E-state index in [0.29, 0.717) is 12.6 Å². The maximum absolute atomic E-state index is 9.52. The molecule has 0 amide bonds. The minimum Gasteiger partial charge on any atom is -0.492 e. The van der Waals surface area contributed by atoms with Gasteiger partial charge in [0.05, 0.1) is 18.4 Å².